The summed E-state index contributed by atoms with van der Waals surface area (Å²) in [5, 5.41) is 5.55. The highest BCUT2D eigenvalue weighted by atomic mass is 19.1. The molecular formula is C26H32FN10. The standard InChI is InChI=1S/C26H32FN9.N/c1-16(2)25-19-14-17(4-6-20(19)33-34(25)3)23-22(27)24(32-26(29)31-23)21-7-5-18(15-30-21)36-12-10-35(9-8-28)11-13-36;/h4-7,14-16H,8-13,28H2,1-3H3,(H2,29,31,32);. The minimum Gasteiger partial charge on any atom is -0.368 e. The van der Waals surface area contributed by atoms with Crippen LogP contribution in [-0.2, 0) is 7.05 Å². The van der Waals surface area contributed by atoms with Crippen molar-refractivity contribution in [1.29, 1.82) is 0 Å². The quantitative estimate of drug-likeness (QED) is 0.408. The minimum atomic E-state index is -0.547. The van der Waals surface area contributed by atoms with Crippen LogP contribution in [-0.4, -0.2) is 68.9 Å². The van der Waals surface area contributed by atoms with Crippen LogP contribution >= 0.6 is 0 Å². The van der Waals surface area contributed by atoms with Crippen molar-refractivity contribution in [2.75, 3.05) is 49.9 Å². The van der Waals surface area contributed by atoms with E-state index in [0.717, 1.165) is 55.0 Å². The topological polar surface area (TPSA) is 146 Å². The average molecular weight is 504 g/mol. The fourth-order valence-corrected chi connectivity index (χ4v) is 5.00. The third kappa shape index (κ3) is 5.10. The molecule has 11 heteroatoms. The first-order valence-electron chi connectivity index (χ1n) is 12.3. The van der Waals surface area contributed by atoms with Crippen LogP contribution < -0.4 is 22.5 Å². The summed E-state index contributed by atoms with van der Waals surface area (Å²) in [5.41, 5.74) is 15.9. The summed E-state index contributed by atoms with van der Waals surface area (Å²) in [7, 11) is 1.92. The van der Waals surface area contributed by atoms with Crippen molar-refractivity contribution < 1.29 is 4.39 Å². The van der Waals surface area contributed by atoms with Gasteiger partial charge in [-0.1, -0.05) is 19.9 Å². The summed E-state index contributed by atoms with van der Waals surface area (Å²) in [6, 6.07) is 9.36. The summed E-state index contributed by atoms with van der Waals surface area (Å²) in [6.45, 7) is 9.51. The molecule has 1 aromatic carbocycles. The highest BCUT2D eigenvalue weighted by Crippen LogP contribution is 2.33. The van der Waals surface area contributed by atoms with Crippen LogP contribution in [0.3, 0.4) is 0 Å². The number of nitrogens with two attached hydrogens (primary N) is 2. The molecule has 3 aromatic heterocycles. The van der Waals surface area contributed by atoms with Crippen molar-refractivity contribution in [3.8, 4) is 22.6 Å². The molecule has 0 spiro atoms. The lowest BCUT2D eigenvalue weighted by atomic mass is 10.0. The van der Waals surface area contributed by atoms with Crippen molar-refractivity contribution in [2.45, 2.75) is 19.8 Å². The third-order valence-electron chi connectivity index (χ3n) is 6.74. The van der Waals surface area contributed by atoms with Gasteiger partial charge in [0.25, 0.3) is 0 Å². The number of aryl methyl sites for hydroxylation is 1. The van der Waals surface area contributed by atoms with Crippen LogP contribution in [0.1, 0.15) is 25.5 Å². The summed E-state index contributed by atoms with van der Waals surface area (Å²) < 4.78 is 17.7. The Morgan fingerprint density at radius 1 is 1.03 bits per heavy atom. The first kappa shape index (κ1) is 26.4. The van der Waals surface area contributed by atoms with Crippen LogP contribution in [0.4, 0.5) is 16.0 Å². The molecule has 4 aromatic rings. The van der Waals surface area contributed by atoms with E-state index in [2.05, 4.69) is 43.7 Å². The van der Waals surface area contributed by atoms with Crippen LogP contribution in [0, 0.1) is 5.82 Å². The number of nitrogen functional groups attached to an aromatic ring is 1. The van der Waals surface area contributed by atoms with Crippen LogP contribution in [0.2, 0.25) is 0 Å². The number of hydrogen-bond donors (Lipinski definition) is 2. The van der Waals surface area contributed by atoms with Gasteiger partial charge in [0.2, 0.25) is 5.95 Å². The van der Waals surface area contributed by atoms with E-state index in [4.69, 9.17) is 11.5 Å². The lowest BCUT2D eigenvalue weighted by molar-refractivity contribution is 0.265. The van der Waals surface area contributed by atoms with E-state index in [0.29, 0.717) is 17.8 Å². The fourth-order valence-electron chi connectivity index (χ4n) is 5.00. The van der Waals surface area contributed by atoms with Crippen LogP contribution in [0.25, 0.3) is 33.5 Å². The highest BCUT2D eigenvalue weighted by Gasteiger charge is 2.21. The van der Waals surface area contributed by atoms with Gasteiger partial charge in [0.1, 0.15) is 11.4 Å². The van der Waals surface area contributed by atoms with Gasteiger partial charge in [0.15, 0.2) is 5.82 Å². The van der Waals surface area contributed by atoms with Crippen molar-refractivity contribution in [3.63, 3.8) is 0 Å². The van der Waals surface area contributed by atoms with Crippen molar-refractivity contribution in [1.82, 2.24) is 35.8 Å². The zero-order valence-electron chi connectivity index (χ0n) is 21.4. The van der Waals surface area contributed by atoms with Crippen LogP contribution in [0.5, 0.6) is 0 Å². The van der Waals surface area contributed by atoms with Gasteiger partial charge in [0, 0.05) is 69.1 Å². The Morgan fingerprint density at radius 2 is 1.76 bits per heavy atom. The molecular weight excluding hydrogens is 471 g/mol. The van der Waals surface area contributed by atoms with E-state index in [9.17, 15) is 0 Å². The number of fused-ring (bicyclic) bond motifs is 1. The molecule has 0 saturated carbocycles. The van der Waals surface area contributed by atoms with Gasteiger partial charge in [-0.3, -0.25) is 14.6 Å². The van der Waals surface area contributed by atoms with E-state index < -0.39 is 5.82 Å². The Balaban J connectivity index is 0.00000320. The predicted octanol–water partition coefficient (Wildman–Crippen LogP) is 2.54. The Morgan fingerprint density at radius 3 is 2.41 bits per heavy atom. The fraction of sp³-hybridized carbons (Fsp3) is 0.385. The normalized spacial score (nSPS) is 14.4. The Kier molecular flexibility index (Phi) is 7.67. The number of benzene rings is 1. The van der Waals surface area contributed by atoms with E-state index in [1.807, 2.05) is 36.0 Å². The smallest absolute Gasteiger partial charge is 0.221 e. The van der Waals surface area contributed by atoms with E-state index >= 15 is 4.39 Å². The number of nitrogens with zero attached hydrogens (tertiary/aromatic N) is 8. The Hall–Kier alpha value is -3.67. The second-order valence-corrected chi connectivity index (χ2v) is 9.51. The highest BCUT2D eigenvalue weighted by molar-refractivity contribution is 5.87. The monoisotopic (exact) mass is 503 g/mol. The minimum absolute atomic E-state index is 0. The first-order chi connectivity index (χ1) is 17.4. The molecule has 0 bridgehead atoms. The molecule has 0 atom stereocenters. The van der Waals surface area contributed by atoms with Crippen molar-refractivity contribution >= 4 is 22.5 Å². The first-order valence-corrected chi connectivity index (χ1v) is 12.3. The zero-order valence-corrected chi connectivity index (χ0v) is 21.4. The summed E-state index contributed by atoms with van der Waals surface area (Å²) >= 11 is 0. The molecule has 1 saturated heterocycles. The van der Waals surface area contributed by atoms with Gasteiger partial charge in [0.05, 0.1) is 23.1 Å². The van der Waals surface area contributed by atoms with Crippen LogP contribution in [0.15, 0.2) is 36.5 Å². The van der Waals surface area contributed by atoms with Crippen molar-refractivity contribution in [2.24, 2.45) is 12.8 Å². The lowest BCUT2D eigenvalue weighted by Crippen LogP contribution is -2.47. The van der Waals surface area contributed by atoms with E-state index in [1.165, 1.54) is 0 Å². The Labute approximate surface area is 216 Å². The van der Waals surface area contributed by atoms with Crippen molar-refractivity contribution in [3.05, 3.63) is 48.0 Å². The average Bonchev–Trinajstić information content (AvgIpc) is 3.21. The predicted molar refractivity (Wildman–Crippen MR) is 143 cm³/mol. The summed E-state index contributed by atoms with van der Waals surface area (Å²) in [4.78, 5) is 17.6. The molecule has 193 valence electrons. The molecule has 37 heavy (non-hydrogen) atoms. The zero-order chi connectivity index (χ0) is 25.4. The van der Waals surface area contributed by atoms with E-state index in [-0.39, 0.29) is 29.4 Å². The molecule has 1 aliphatic rings. The number of aromatic nitrogens is 5. The summed E-state index contributed by atoms with van der Waals surface area (Å²) in [6.07, 6.45) is 1.77. The molecule has 10 nitrogen and oxygen atoms in total. The summed E-state index contributed by atoms with van der Waals surface area (Å²) in [5.74, 6) is -0.287. The third-order valence-corrected chi connectivity index (χ3v) is 6.74. The molecule has 0 unspecified atom stereocenters. The second-order valence-electron chi connectivity index (χ2n) is 9.51. The molecule has 4 N–H and O–H groups in total. The van der Waals surface area contributed by atoms with Gasteiger partial charge in [-0.2, -0.15) is 5.10 Å². The van der Waals surface area contributed by atoms with Gasteiger partial charge in [-0.15, -0.1) is 0 Å². The maximum atomic E-state index is 15.8. The molecule has 3 radical (unpaired) electrons. The number of anilines is 2. The molecule has 1 aliphatic heterocycles. The van der Waals surface area contributed by atoms with Gasteiger partial charge >= 0.3 is 0 Å². The molecule has 1 fully saturated rings. The number of rotatable bonds is 6. The maximum absolute atomic E-state index is 15.8. The number of piperazine rings is 1. The number of halogens is 1. The largest absolute Gasteiger partial charge is 0.368 e. The number of hydrogen-bond acceptors (Lipinski definition) is 8. The molecule has 5 rings (SSSR count). The molecule has 4 heterocycles. The maximum Gasteiger partial charge on any atom is 0.221 e. The molecule has 0 amide bonds. The SMILES string of the molecule is CC(C)c1c2cc(-c3nc(N)nc(-c4ccc(N5CCN(CCN)CC5)cn4)c3F)ccc2nn1C.[N]. The van der Waals surface area contributed by atoms with Gasteiger partial charge in [-0.05, 0) is 30.2 Å². The lowest BCUT2D eigenvalue weighted by Gasteiger charge is -2.35. The Bertz CT molecular complexity index is 1370. The van der Waals surface area contributed by atoms with Gasteiger partial charge in [-0.25, -0.2) is 14.4 Å². The van der Waals surface area contributed by atoms with Gasteiger partial charge < -0.3 is 16.4 Å². The second kappa shape index (κ2) is 10.8. The number of pyridine rings is 1. The molecule has 0 aliphatic carbocycles. The van der Waals surface area contributed by atoms with E-state index in [1.54, 1.807) is 12.3 Å².